The Morgan fingerprint density at radius 3 is 2.29 bits per heavy atom. The van der Waals surface area contributed by atoms with E-state index in [4.69, 9.17) is 10.5 Å². The molecule has 0 amide bonds. The standard InChI is InChI=1S/C16H16F3NO/c1-2-9-21-15-8-7-13(20)10-14(15)11-3-5-12(6-4-11)16(17,18)19/h3-8,10H,2,9,20H2,1H3. The van der Waals surface area contributed by atoms with Gasteiger partial charge in [-0.05, 0) is 42.3 Å². The van der Waals surface area contributed by atoms with Crippen LogP contribution in [0.2, 0.25) is 0 Å². The van der Waals surface area contributed by atoms with Gasteiger partial charge >= 0.3 is 6.18 Å². The molecule has 0 atom stereocenters. The zero-order valence-electron chi connectivity index (χ0n) is 11.6. The third-order valence-electron chi connectivity index (χ3n) is 2.99. The fraction of sp³-hybridized carbons (Fsp3) is 0.250. The minimum atomic E-state index is -4.34. The van der Waals surface area contributed by atoms with Gasteiger partial charge in [0.05, 0.1) is 12.2 Å². The number of hydrogen-bond donors (Lipinski definition) is 1. The van der Waals surface area contributed by atoms with Crippen LogP contribution in [-0.4, -0.2) is 6.61 Å². The van der Waals surface area contributed by atoms with E-state index in [-0.39, 0.29) is 0 Å². The molecule has 5 heteroatoms. The van der Waals surface area contributed by atoms with Crippen molar-refractivity contribution in [3.05, 3.63) is 48.0 Å². The van der Waals surface area contributed by atoms with Gasteiger partial charge in [-0.15, -0.1) is 0 Å². The monoisotopic (exact) mass is 295 g/mol. The summed E-state index contributed by atoms with van der Waals surface area (Å²) in [7, 11) is 0. The van der Waals surface area contributed by atoms with Crippen LogP contribution in [0.1, 0.15) is 18.9 Å². The summed E-state index contributed by atoms with van der Waals surface area (Å²) in [5.74, 6) is 0.616. The largest absolute Gasteiger partial charge is 0.493 e. The van der Waals surface area contributed by atoms with Gasteiger partial charge in [-0.1, -0.05) is 19.1 Å². The van der Waals surface area contributed by atoms with E-state index in [1.165, 1.54) is 12.1 Å². The molecule has 0 fully saturated rings. The van der Waals surface area contributed by atoms with E-state index in [1.807, 2.05) is 6.92 Å². The van der Waals surface area contributed by atoms with Crippen molar-refractivity contribution < 1.29 is 17.9 Å². The zero-order valence-corrected chi connectivity index (χ0v) is 11.6. The Hall–Kier alpha value is -2.17. The second-order valence-electron chi connectivity index (χ2n) is 4.68. The maximum Gasteiger partial charge on any atom is 0.416 e. The number of nitrogen functional groups attached to an aromatic ring is 1. The Kier molecular flexibility index (Phi) is 4.40. The lowest BCUT2D eigenvalue weighted by Gasteiger charge is -2.13. The van der Waals surface area contributed by atoms with Crippen LogP contribution >= 0.6 is 0 Å². The third-order valence-corrected chi connectivity index (χ3v) is 2.99. The molecule has 21 heavy (non-hydrogen) atoms. The SMILES string of the molecule is CCCOc1ccc(N)cc1-c1ccc(C(F)(F)F)cc1. The summed E-state index contributed by atoms with van der Waals surface area (Å²) >= 11 is 0. The molecule has 112 valence electrons. The van der Waals surface area contributed by atoms with E-state index in [9.17, 15) is 13.2 Å². The molecule has 0 saturated carbocycles. The Morgan fingerprint density at radius 2 is 1.71 bits per heavy atom. The van der Waals surface area contributed by atoms with Crippen LogP contribution in [0.15, 0.2) is 42.5 Å². The van der Waals surface area contributed by atoms with Crippen LogP contribution in [0.3, 0.4) is 0 Å². The molecule has 0 aliphatic carbocycles. The molecule has 0 saturated heterocycles. The molecule has 0 heterocycles. The van der Waals surface area contributed by atoms with Crippen molar-refractivity contribution in [2.45, 2.75) is 19.5 Å². The van der Waals surface area contributed by atoms with E-state index in [2.05, 4.69) is 0 Å². The molecule has 0 unspecified atom stereocenters. The average Bonchev–Trinajstić information content (AvgIpc) is 2.45. The maximum atomic E-state index is 12.6. The summed E-state index contributed by atoms with van der Waals surface area (Å²) in [6.07, 6.45) is -3.49. The quantitative estimate of drug-likeness (QED) is 0.827. The molecule has 2 aromatic carbocycles. The van der Waals surface area contributed by atoms with E-state index in [0.717, 1.165) is 18.6 Å². The number of benzene rings is 2. The first kappa shape index (κ1) is 15.2. The first-order valence-corrected chi connectivity index (χ1v) is 6.61. The topological polar surface area (TPSA) is 35.2 Å². The highest BCUT2D eigenvalue weighted by molar-refractivity contribution is 5.74. The number of halogens is 3. The summed E-state index contributed by atoms with van der Waals surface area (Å²) in [4.78, 5) is 0. The van der Waals surface area contributed by atoms with E-state index in [0.29, 0.717) is 29.2 Å². The van der Waals surface area contributed by atoms with Gasteiger partial charge < -0.3 is 10.5 Å². The fourth-order valence-electron chi connectivity index (χ4n) is 1.95. The summed E-state index contributed by atoms with van der Waals surface area (Å²) in [5, 5.41) is 0. The molecule has 2 nitrogen and oxygen atoms in total. The van der Waals surface area contributed by atoms with Crippen LogP contribution in [0.5, 0.6) is 5.75 Å². The first-order valence-electron chi connectivity index (χ1n) is 6.61. The van der Waals surface area contributed by atoms with Crippen molar-refractivity contribution in [2.75, 3.05) is 12.3 Å². The summed E-state index contributed by atoms with van der Waals surface area (Å²) < 4.78 is 43.4. The Balaban J connectivity index is 2.38. The zero-order chi connectivity index (χ0) is 15.5. The van der Waals surface area contributed by atoms with Crippen LogP contribution < -0.4 is 10.5 Å². The lowest BCUT2D eigenvalue weighted by atomic mass is 10.0. The van der Waals surface area contributed by atoms with Gasteiger partial charge in [-0.3, -0.25) is 0 Å². The Labute approximate surface area is 121 Å². The van der Waals surface area contributed by atoms with Crippen molar-refractivity contribution >= 4 is 5.69 Å². The summed E-state index contributed by atoms with van der Waals surface area (Å²) in [5.41, 5.74) is 6.95. The summed E-state index contributed by atoms with van der Waals surface area (Å²) in [6.45, 7) is 2.52. The van der Waals surface area contributed by atoms with Gasteiger partial charge in [-0.2, -0.15) is 13.2 Å². The molecule has 0 aliphatic rings. The molecule has 0 aromatic heterocycles. The first-order chi connectivity index (χ1) is 9.91. The fourth-order valence-corrected chi connectivity index (χ4v) is 1.95. The number of anilines is 1. The lowest BCUT2D eigenvalue weighted by Crippen LogP contribution is -2.04. The molecule has 0 radical (unpaired) electrons. The molecular formula is C16H16F3NO. The van der Waals surface area contributed by atoms with Crippen molar-refractivity contribution in [3.8, 4) is 16.9 Å². The predicted molar refractivity (Wildman–Crippen MR) is 77.1 cm³/mol. The maximum absolute atomic E-state index is 12.6. The van der Waals surface area contributed by atoms with Gasteiger partial charge in [0.15, 0.2) is 0 Å². The molecule has 0 spiro atoms. The van der Waals surface area contributed by atoms with Crippen molar-refractivity contribution in [1.82, 2.24) is 0 Å². The van der Waals surface area contributed by atoms with Crippen LogP contribution in [0.25, 0.3) is 11.1 Å². The minimum Gasteiger partial charge on any atom is -0.493 e. The minimum absolute atomic E-state index is 0.536. The van der Waals surface area contributed by atoms with Gasteiger partial charge in [0.2, 0.25) is 0 Å². The highest BCUT2D eigenvalue weighted by Gasteiger charge is 2.30. The second-order valence-corrected chi connectivity index (χ2v) is 4.68. The third kappa shape index (κ3) is 3.68. The van der Waals surface area contributed by atoms with Gasteiger partial charge in [0.1, 0.15) is 5.75 Å². The molecule has 0 bridgehead atoms. The molecule has 2 N–H and O–H groups in total. The predicted octanol–water partition coefficient (Wildman–Crippen LogP) is 4.74. The van der Waals surface area contributed by atoms with Gasteiger partial charge in [0, 0.05) is 11.3 Å². The molecule has 2 rings (SSSR count). The highest BCUT2D eigenvalue weighted by Crippen LogP contribution is 2.35. The highest BCUT2D eigenvalue weighted by atomic mass is 19.4. The Morgan fingerprint density at radius 1 is 1.05 bits per heavy atom. The number of alkyl halides is 3. The molecule has 0 aliphatic heterocycles. The molecule has 2 aromatic rings. The Bertz CT molecular complexity index is 606. The summed E-state index contributed by atoms with van der Waals surface area (Å²) in [6, 6.07) is 10.1. The van der Waals surface area contributed by atoms with Crippen LogP contribution in [0.4, 0.5) is 18.9 Å². The van der Waals surface area contributed by atoms with Crippen LogP contribution in [-0.2, 0) is 6.18 Å². The van der Waals surface area contributed by atoms with Crippen molar-refractivity contribution in [3.63, 3.8) is 0 Å². The average molecular weight is 295 g/mol. The number of rotatable bonds is 4. The smallest absolute Gasteiger partial charge is 0.416 e. The van der Waals surface area contributed by atoms with E-state index < -0.39 is 11.7 Å². The normalized spacial score (nSPS) is 11.4. The van der Waals surface area contributed by atoms with E-state index >= 15 is 0 Å². The van der Waals surface area contributed by atoms with Crippen molar-refractivity contribution in [2.24, 2.45) is 0 Å². The van der Waals surface area contributed by atoms with Crippen LogP contribution in [0, 0.1) is 0 Å². The lowest BCUT2D eigenvalue weighted by molar-refractivity contribution is -0.137. The number of hydrogen-bond acceptors (Lipinski definition) is 2. The van der Waals surface area contributed by atoms with Gasteiger partial charge in [0.25, 0.3) is 0 Å². The number of nitrogens with two attached hydrogens (primary N) is 1. The van der Waals surface area contributed by atoms with Gasteiger partial charge in [-0.25, -0.2) is 0 Å². The second kappa shape index (κ2) is 6.08. The number of ether oxygens (including phenoxy) is 1. The van der Waals surface area contributed by atoms with E-state index in [1.54, 1.807) is 18.2 Å². The van der Waals surface area contributed by atoms with Crippen molar-refractivity contribution in [1.29, 1.82) is 0 Å². The molecular weight excluding hydrogens is 279 g/mol.